The van der Waals surface area contributed by atoms with Gasteiger partial charge in [-0.15, -0.1) is 0 Å². The quantitative estimate of drug-likeness (QED) is 0.629. The van der Waals surface area contributed by atoms with Gasteiger partial charge in [0.05, 0.1) is 0 Å². The lowest BCUT2D eigenvalue weighted by Gasteiger charge is -2.11. The summed E-state index contributed by atoms with van der Waals surface area (Å²) >= 11 is 0. The Hall–Kier alpha value is -0.980. The van der Waals surface area contributed by atoms with E-state index in [0.717, 1.165) is 18.4 Å². The summed E-state index contributed by atoms with van der Waals surface area (Å²) in [5.74, 6) is 0.489. The Morgan fingerprint density at radius 2 is 1.39 bits per heavy atom. The number of phenolic OH excluding ortho intramolecular Hbond substituents is 1. The molecule has 0 radical (unpaired) electrons. The van der Waals surface area contributed by atoms with E-state index in [-0.39, 0.29) is 0 Å². The van der Waals surface area contributed by atoms with Gasteiger partial charge in [-0.1, -0.05) is 45.6 Å². The van der Waals surface area contributed by atoms with Crippen molar-refractivity contribution in [2.75, 3.05) is 0 Å². The molecule has 1 rings (SSSR count). The standard InChI is InChI=1S/C17H28O/c1-4-6-8-10-15-13-16(11-9-7-5-2)17(18)12-14(15)3/h12-13,18H,4-11H2,1-3H3. The monoisotopic (exact) mass is 248 g/mol. The Morgan fingerprint density at radius 1 is 0.833 bits per heavy atom. The summed E-state index contributed by atoms with van der Waals surface area (Å²) in [6.45, 7) is 6.56. The van der Waals surface area contributed by atoms with Gasteiger partial charge in [0.25, 0.3) is 0 Å². The highest BCUT2D eigenvalue weighted by molar-refractivity contribution is 5.41. The number of benzene rings is 1. The first-order valence-corrected chi connectivity index (χ1v) is 7.50. The Balaban J connectivity index is 2.68. The maximum atomic E-state index is 9.99. The summed E-state index contributed by atoms with van der Waals surface area (Å²) in [6, 6.07) is 4.18. The molecule has 0 saturated heterocycles. The van der Waals surface area contributed by atoms with Crippen molar-refractivity contribution in [2.45, 2.75) is 72.1 Å². The van der Waals surface area contributed by atoms with Crippen LogP contribution in [-0.4, -0.2) is 5.11 Å². The van der Waals surface area contributed by atoms with Crippen LogP contribution in [0.5, 0.6) is 5.75 Å². The third kappa shape index (κ3) is 4.72. The van der Waals surface area contributed by atoms with Crippen LogP contribution in [0.25, 0.3) is 0 Å². The Morgan fingerprint density at radius 3 is 1.94 bits per heavy atom. The second-order valence-electron chi connectivity index (χ2n) is 5.32. The fraction of sp³-hybridized carbons (Fsp3) is 0.647. The number of phenols is 1. The average molecular weight is 248 g/mol. The molecule has 0 bridgehead atoms. The molecule has 102 valence electrons. The largest absolute Gasteiger partial charge is 0.508 e. The van der Waals surface area contributed by atoms with Gasteiger partial charge >= 0.3 is 0 Å². The highest BCUT2D eigenvalue weighted by atomic mass is 16.3. The molecule has 1 aromatic carbocycles. The van der Waals surface area contributed by atoms with E-state index < -0.39 is 0 Å². The minimum absolute atomic E-state index is 0.489. The maximum Gasteiger partial charge on any atom is 0.119 e. The number of hydrogen-bond acceptors (Lipinski definition) is 1. The van der Waals surface area contributed by atoms with Crippen molar-refractivity contribution in [2.24, 2.45) is 0 Å². The molecule has 0 atom stereocenters. The first kappa shape index (κ1) is 15.1. The minimum Gasteiger partial charge on any atom is -0.508 e. The van der Waals surface area contributed by atoms with Crippen LogP contribution >= 0.6 is 0 Å². The minimum atomic E-state index is 0.489. The summed E-state index contributed by atoms with van der Waals surface area (Å²) in [4.78, 5) is 0. The van der Waals surface area contributed by atoms with Gasteiger partial charge in [-0.05, 0) is 55.4 Å². The van der Waals surface area contributed by atoms with Gasteiger partial charge in [-0.3, -0.25) is 0 Å². The fourth-order valence-corrected chi connectivity index (χ4v) is 2.39. The maximum absolute atomic E-state index is 9.99. The average Bonchev–Trinajstić information content (AvgIpc) is 2.34. The molecule has 0 amide bonds. The van der Waals surface area contributed by atoms with Crippen LogP contribution in [-0.2, 0) is 12.8 Å². The molecule has 0 heterocycles. The number of aryl methyl sites for hydroxylation is 3. The van der Waals surface area contributed by atoms with Crippen LogP contribution in [0.2, 0.25) is 0 Å². The van der Waals surface area contributed by atoms with E-state index in [1.807, 2.05) is 6.07 Å². The SMILES string of the molecule is CCCCCc1cc(CCCCC)c(O)cc1C. The van der Waals surface area contributed by atoms with Crippen LogP contribution in [0, 0.1) is 6.92 Å². The first-order chi connectivity index (χ1) is 8.69. The fourth-order valence-electron chi connectivity index (χ4n) is 2.39. The van der Waals surface area contributed by atoms with Gasteiger partial charge in [0.2, 0.25) is 0 Å². The summed E-state index contributed by atoms with van der Waals surface area (Å²) in [5.41, 5.74) is 3.80. The smallest absolute Gasteiger partial charge is 0.119 e. The lowest BCUT2D eigenvalue weighted by molar-refractivity contribution is 0.465. The van der Waals surface area contributed by atoms with Gasteiger partial charge in [0.1, 0.15) is 5.75 Å². The molecule has 1 nitrogen and oxygen atoms in total. The highest BCUT2D eigenvalue weighted by Gasteiger charge is 2.06. The predicted octanol–water partition coefficient (Wildman–Crippen LogP) is 5.17. The lowest BCUT2D eigenvalue weighted by Crippen LogP contribution is -1.95. The van der Waals surface area contributed by atoms with Gasteiger partial charge in [-0.25, -0.2) is 0 Å². The summed E-state index contributed by atoms with van der Waals surface area (Å²) in [6.07, 6.45) is 9.65. The van der Waals surface area contributed by atoms with Crippen molar-refractivity contribution in [1.29, 1.82) is 0 Å². The topological polar surface area (TPSA) is 20.2 Å². The normalized spacial score (nSPS) is 10.8. The van der Waals surface area contributed by atoms with Crippen molar-refractivity contribution in [3.63, 3.8) is 0 Å². The molecule has 0 fully saturated rings. The summed E-state index contributed by atoms with van der Waals surface area (Å²) in [5, 5.41) is 9.99. The van der Waals surface area contributed by atoms with Gasteiger partial charge in [0.15, 0.2) is 0 Å². The molecule has 18 heavy (non-hydrogen) atoms. The van der Waals surface area contributed by atoms with E-state index >= 15 is 0 Å². The molecule has 0 aliphatic carbocycles. The second-order valence-corrected chi connectivity index (χ2v) is 5.32. The molecule has 0 aliphatic heterocycles. The van der Waals surface area contributed by atoms with Crippen LogP contribution in [0.15, 0.2) is 12.1 Å². The van der Waals surface area contributed by atoms with Crippen molar-refractivity contribution in [3.05, 3.63) is 28.8 Å². The zero-order valence-corrected chi connectivity index (χ0v) is 12.3. The molecular weight excluding hydrogens is 220 g/mol. The second kappa shape index (κ2) is 8.18. The van der Waals surface area contributed by atoms with E-state index in [1.165, 1.54) is 49.7 Å². The number of hydrogen-bond donors (Lipinski definition) is 1. The molecule has 0 saturated carbocycles. The molecule has 0 aliphatic rings. The van der Waals surface area contributed by atoms with Crippen LogP contribution in [0.3, 0.4) is 0 Å². The lowest BCUT2D eigenvalue weighted by atomic mass is 9.96. The molecule has 0 spiro atoms. The molecule has 0 aromatic heterocycles. The van der Waals surface area contributed by atoms with Crippen molar-refractivity contribution < 1.29 is 5.11 Å². The molecule has 1 N–H and O–H groups in total. The van der Waals surface area contributed by atoms with E-state index in [4.69, 9.17) is 0 Å². The zero-order chi connectivity index (χ0) is 13.4. The van der Waals surface area contributed by atoms with E-state index in [2.05, 4.69) is 26.8 Å². The third-order valence-electron chi connectivity index (χ3n) is 3.64. The van der Waals surface area contributed by atoms with E-state index in [0.29, 0.717) is 5.75 Å². The van der Waals surface area contributed by atoms with Crippen LogP contribution in [0.1, 0.15) is 69.1 Å². The summed E-state index contributed by atoms with van der Waals surface area (Å²) < 4.78 is 0. The van der Waals surface area contributed by atoms with Gasteiger partial charge in [-0.2, -0.15) is 0 Å². The number of aromatic hydroxyl groups is 1. The van der Waals surface area contributed by atoms with Gasteiger partial charge < -0.3 is 5.11 Å². The Labute approximate surface area is 112 Å². The number of unbranched alkanes of at least 4 members (excludes halogenated alkanes) is 4. The van der Waals surface area contributed by atoms with Crippen molar-refractivity contribution in [3.8, 4) is 5.75 Å². The molecule has 0 unspecified atom stereocenters. The van der Waals surface area contributed by atoms with Crippen molar-refractivity contribution >= 4 is 0 Å². The summed E-state index contributed by atoms with van der Waals surface area (Å²) in [7, 11) is 0. The van der Waals surface area contributed by atoms with E-state index in [1.54, 1.807) is 0 Å². The highest BCUT2D eigenvalue weighted by Crippen LogP contribution is 2.25. The van der Waals surface area contributed by atoms with Crippen LogP contribution < -0.4 is 0 Å². The van der Waals surface area contributed by atoms with E-state index in [9.17, 15) is 5.11 Å². The third-order valence-corrected chi connectivity index (χ3v) is 3.64. The Kier molecular flexibility index (Phi) is 6.85. The first-order valence-electron chi connectivity index (χ1n) is 7.50. The predicted molar refractivity (Wildman–Crippen MR) is 79.3 cm³/mol. The molecule has 1 aromatic rings. The van der Waals surface area contributed by atoms with Gasteiger partial charge in [0, 0.05) is 0 Å². The number of rotatable bonds is 8. The molecule has 1 heteroatoms. The molecular formula is C17H28O. The van der Waals surface area contributed by atoms with Crippen molar-refractivity contribution in [1.82, 2.24) is 0 Å². The Bertz CT molecular complexity index is 324. The van der Waals surface area contributed by atoms with Crippen LogP contribution in [0.4, 0.5) is 0 Å². The zero-order valence-electron chi connectivity index (χ0n) is 12.3.